The maximum Gasteiger partial charge on any atom is 0.205 e. The van der Waals surface area contributed by atoms with Gasteiger partial charge in [-0.25, -0.2) is 0 Å². The van der Waals surface area contributed by atoms with Crippen LogP contribution in [0.3, 0.4) is 0 Å². The molecule has 1 rings (SSSR count). The van der Waals surface area contributed by atoms with E-state index in [1.807, 2.05) is 0 Å². The maximum absolute atomic E-state index is 5.22. The molecule has 0 aliphatic heterocycles. The van der Waals surface area contributed by atoms with Crippen molar-refractivity contribution in [1.82, 2.24) is 0 Å². The lowest BCUT2D eigenvalue weighted by Crippen LogP contribution is -2.01. The highest BCUT2D eigenvalue weighted by atomic mass is 16.5. The monoisotopic (exact) mass is 140 g/mol. The summed E-state index contributed by atoms with van der Waals surface area (Å²) >= 11 is 0. The molecule has 1 fully saturated rings. The fourth-order valence-corrected chi connectivity index (χ4v) is 0.651. The van der Waals surface area contributed by atoms with Crippen LogP contribution < -0.4 is 0 Å². The van der Waals surface area contributed by atoms with E-state index >= 15 is 0 Å². The SMILES string of the molecule is C=N/N=C(/C)OCC1CC1. The first-order valence-electron chi connectivity index (χ1n) is 3.46. The summed E-state index contributed by atoms with van der Waals surface area (Å²) in [5, 5.41) is 6.98. The van der Waals surface area contributed by atoms with E-state index in [0.29, 0.717) is 5.90 Å². The summed E-state index contributed by atoms with van der Waals surface area (Å²) in [7, 11) is 0. The summed E-state index contributed by atoms with van der Waals surface area (Å²) in [6, 6.07) is 0. The van der Waals surface area contributed by atoms with Crippen LogP contribution in [0.15, 0.2) is 10.2 Å². The molecule has 0 saturated heterocycles. The second-order valence-electron chi connectivity index (χ2n) is 2.51. The Kier molecular flexibility index (Phi) is 2.42. The third-order valence-electron chi connectivity index (χ3n) is 1.44. The molecule has 0 heterocycles. The van der Waals surface area contributed by atoms with Gasteiger partial charge in [0, 0.05) is 13.6 Å². The molecule has 0 N–H and O–H groups in total. The summed E-state index contributed by atoms with van der Waals surface area (Å²) in [5.74, 6) is 1.39. The average molecular weight is 140 g/mol. The second kappa shape index (κ2) is 3.34. The molecular weight excluding hydrogens is 128 g/mol. The molecule has 0 aromatic rings. The number of nitrogens with zero attached hydrogens (tertiary/aromatic N) is 2. The van der Waals surface area contributed by atoms with Crippen LogP contribution in [0, 0.1) is 5.92 Å². The minimum atomic E-state index is 0.613. The van der Waals surface area contributed by atoms with Crippen LogP contribution in [0.1, 0.15) is 19.8 Å². The van der Waals surface area contributed by atoms with Crippen LogP contribution in [0.25, 0.3) is 0 Å². The lowest BCUT2D eigenvalue weighted by molar-refractivity contribution is 0.283. The van der Waals surface area contributed by atoms with Crippen LogP contribution in [0.5, 0.6) is 0 Å². The van der Waals surface area contributed by atoms with Gasteiger partial charge in [0.25, 0.3) is 0 Å². The van der Waals surface area contributed by atoms with Crippen molar-refractivity contribution < 1.29 is 4.74 Å². The van der Waals surface area contributed by atoms with Crippen molar-refractivity contribution in [3.05, 3.63) is 0 Å². The van der Waals surface area contributed by atoms with Gasteiger partial charge in [0.2, 0.25) is 5.90 Å². The van der Waals surface area contributed by atoms with E-state index in [-0.39, 0.29) is 0 Å². The van der Waals surface area contributed by atoms with Gasteiger partial charge in [0.1, 0.15) is 0 Å². The normalized spacial score (nSPS) is 18.7. The summed E-state index contributed by atoms with van der Waals surface area (Å²) < 4.78 is 5.22. The van der Waals surface area contributed by atoms with Gasteiger partial charge in [-0.1, -0.05) is 0 Å². The molecule has 0 spiro atoms. The number of ether oxygens (including phenoxy) is 1. The number of hydrogen-bond donors (Lipinski definition) is 0. The Bertz CT molecular complexity index is 150. The zero-order valence-electron chi connectivity index (χ0n) is 6.21. The van der Waals surface area contributed by atoms with E-state index in [1.54, 1.807) is 6.92 Å². The Morgan fingerprint density at radius 1 is 1.70 bits per heavy atom. The van der Waals surface area contributed by atoms with E-state index in [2.05, 4.69) is 16.9 Å². The van der Waals surface area contributed by atoms with Crippen molar-refractivity contribution in [3.8, 4) is 0 Å². The lowest BCUT2D eigenvalue weighted by atomic mass is 10.5. The fourth-order valence-electron chi connectivity index (χ4n) is 0.651. The number of rotatable bonds is 3. The Labute approximate surface area is 60.8 Å². The molecule has 0 aromatic heterocycles. The lowest BCUT2D eigenvalue weighted by Gasteiger charge is -2.00. The first-order chi connectivity index (χ1) is 4.83. The molecule has 1 aliphatic carbocycles. The van der Waals surface area contributed by atoms with Crippen molar-refractivity contribution in [2.75, 3.05) is 6.61 Å². The molecule has 56 valence electrons. The summed E-state index contributed by atoms with van der Waals surface area (Å²) in [6.45, 7) is 5.81. The van der Waals surface area contributed by atoms with Gasteiger partial charge in [0.15, 0.2) is 0 Å². The Morgan fingerprint density at radius 3 is 2.90 bits per heavy atom. The Morgan fingerprint density at radius 2 is 2.40 bits per heavy atom. The van der Waals surface area contributed by atoms with Gasteiger partial charge < -0.3 is 4.74 Å². The number of hydrogen-bond acceptors (Lipinski definition) is 3. The largest absolute Gasteiger partial charge is 0.480 e. The molecule has 0 atom stereocenters. The predicted molar refractivity (Wildman–Crippen MR) is 41.3 cm³/mol. The molecule has 0 unspecified atom stereocenters. The van der Waals surface area contributed by atoms with Crippen molar-refractivity contribution in [2.45, 2.75) is 19.8 Å². The molecule has 1 saturated carbocycles. The van der Waals surface area contributed by atoms with Crippen LogP contribution in [0.2, 0.25) is 0 Å². The third-order valence-corrected chi connectivity index (χ3v) is 1.44. The van der Waals surface area contributed by atoms with Gasteiger partial charge >= 0.3 is 0 Å². The molecule has 1 aliphatic rings. The molecule has 0 radical (unpaired) electrons. The molecule has 3 nitrogen and oxygen atoms in total. The molecule has 10 heavy (non-hydrogen) atoms. The Hall–Kier alpha value is -0.860. The van der Waals surface area contributed by atoms with Crippen LogP contribution in [-0.4, -0.2) is 19.2 Å². The van der Waals surface area contributed by atoms with Crippen LogP contribution >= 0.6 is 0 Å². The van der Waals surface area contributed by atoms with Gasteiger partial charge in [-0.05, 0) is 18.8 Å². The standard InChI is InChI=1S/C7H12N2O/c1-6(9-8-2)10-5-7-3-4-7/h7H,2-5H2,1H3/b9-6-. The van der Waals surface area contributed by atoms with Gasteiger partial charge in [-0.3, -0.25) is 0 Å². The zero-order chi connectivity index (χ0) is 7.40. The summed E-state index contributed by atoms with van der Waals surface area (Å²) in [4.78, 5) is 0. The minimum Gasteiger partial charge on any atom is -0.480 e. The fraction of sp³-hybridized carbons (Fsp3) is 0.714. The maximum atomic E-state index is 5.22. The summed E-state index contributed by atoms with van der Waals surface area (Å²) in [6.07, 6.45) is 2.60. The van der Waals surface area contributed by atoms with Crippen molar-refractivity contribution >= 4 is 12.6 Å². The van der Waals surface area contributed by atoms with Gasteiger partial charge in [-0.15, -0.1) is 5.10 Å². The second-order valence-corrected chi connectivity index (χ2v) is 2.51. The molecule has 0 bridgehead atoms. The van der Waals surface area contributed by atoms with Crippen molar-refractivity contribution in [2.24, 2.45) is 16.1 Å². The highest BCUT2D eigenvalue weighted by molar-refractivity contribution is 5.73. The third kappa shape index (κ3) is 2.62. The minimum absolute atomic E-state index is 0.613. The van der Waals surface area contributed by atoms with E-state index in [1.165, 1.54) is 12.8 Å². The Balaban J connectivity index is 2.10. The highest BCUT2D eigenvalue weighted by Crippen LogP contribution is 2.28. The summed E-state index contributed by atoms with van der Waals surface area (Å²) in [5.41, 5.74) is 0. The van der Waals surface area contributed by atoms with Crippen LogP contribution in [0.4, 0.5) is 0 Å². The van der Waals surface area contributed by atoms with E-state index in [9.17, 15) is 0 Å². The van der Waals surface area contributed by atoms with Gasteiger partial charge in [-0.2, -0.15) is 5.10 Å². The van der Waals surface area contributed by atoms with E-state index < -0.39 is 0 Å². The first-order valence-corrected chi connectivity index (χ1v) is 3.46. The molecule has 3 heteroatoms. The first kappa shape index (κ1) is 7.25. The topological polar surface area (TPSA) is 34.0 Å². The molecule has 0 amide bonds. The van der Waals surface area contributed by atoms with Gasteiger partial charge in [0.05, 0.1) is 6.61 Å². The van der Waals surface area contributed by atoms with Crippen molar-refractivity contribution in [3.63, 3.8) is 0 Å². The highest BCUT2D eigenvalue weighted by Gasteiger charge is 2.21. The zero-order valence-corrected chi connectivity index (χ0v) is 6.21. The van der Waals surface area contributed by atoms with E-state index in [4.69, 9.17) is 4.74 Å². The van der Waals surface area contributed by atoms with Crippen LogP contribution in [-0.2, 0) is 4.74 Å². The molecular formula is C7H12N2O. The smallest absolute Gasteiger partial charge is 0.205 e. The molecule has 0 aromatic carbocycles. The van der Waals surface area contributed by atoms with E-state index in [0.717, 1.165) is 12.5 Å². The quantitative estimate of drug-likeness (QED) is 0.332. The average Bonchev–Trinajstić information content (AvgIpc) is 2.67. The van der Waals surface area contributed by atoms with Crippen molar-refractivity contribution in [1.29, 1.82) is 0 Å². The predicted octanol–water partition coefficient (Wildman–Crippen LogP) is 1.45.